The van der Waals surface area contributed by atoms with Crippen LogP contribution in [0, 0.1) is 13.8 Å². The molecule has 0 saturated carbocycles. The van der Waals surface area contributed by atoms with E-state index in [0.717, 1.165) is 15.7 Å². The molecule has 1 aromatic heterocycles. The Hall–Kier alpha value is -0.910. The third kappa shape index (κ3) is 3.40. The fourth-order valence-corrected chi connectivity index (χ4v) is 4.14. The monoisotopic (exact) mass is 368 g/mol. The number of thiophene rings is 1. The molecule has 0 bridgehead atoms. The minimum atomic E-state index is 0.266. The van der Waals surface area contributed by atoms with Crippen LogP contribution in [0.4, 0.5) is 5.69 Å². The van der Waals surface area contributed by atoms with E-state index in [1.165, 1.54) is 15.3 Å². The second-order valence-electron chi connectivity index (χ2n) is 4.79. The van der Waals surface area contributed by atoms with E-state index in [1.54, 1.807) is 0 Å². The quantitative estimate of drug-likeness (QED) is 0.750. The highest BCUT2D eigenvalue weighted by Gasteiger charge is 2.12. The minimum absolute atomic E-state index is 0.266. The van der Waals surface area contributed by atoms with Crippen LogP contribution in [0.1, 0.15) is 33.8 Å². The lowest BCUT2D eigenvalue weighted by Gasteiger charge is -2.16. The Labute approximate surface area is 137 Å². The molecule has 5 heteroatoms. The standard InChI is InChI=1S/C15H17BrN2S2/c1-8-6-13(10(3)20-8)9(2)18-11-4-5-12(15(17)19)14(16)7-11/h4-7,9,18H,1-3H3,(H2,17,19). The molecule has 1 heterocycles. The van der Waals surface area contributed by atoms with Crippen molar-refractivity contribution >= 4 is 50.2 Å². The average molecular weight is 369 g/mol. The summed E-state index contributed by atoms with van der Waals surface area (Å²) in [5.41, 5.74) is 8.92. The molecular weight excluding hydrogens is 352 g/mol. The third-order valence-corrected chi connectivity index (χ3v) is 5.02. The summed E-state index contributed by atoms with van der Waals surface area (Å²) in [7, 11) is 0. The Morgan fingerprint density at radius 1 is 1.35 bits per heavy atom. The highest BCUT2D eigenvalue weighted by atomic mass is 79.9. The van der Waals surface area contributed by atoms with Crippen molar-refractivity contribution in [3.63, 3.8) is 0 Å². The normalized spacial score (nSPS) is 12.2. The van der Waals surface area contributed by atoms with Gasteiger partial charge in [-0.2, -0.15) is 0 Å². The number of nitrogens with one attached hydrogen (secondary N) is 1. The van der Waals surface area contributed by atoms with E-state index >= 15 is 0 Å². The van der Waals surface area contributed by atoms with Crippen LogP contribution in [0.5, 0.6) is 0 Å². The molecule has 1 unspecified atom stereocenters. The lowest BCUT2D eigenvalue weighted by molar-refractivity contribution is 0.881. The Morgan fingerprint density at radius 2 is 2.05 bits per heavy atom. The fourth-order valence-electron chi connectivity index (χ4n) is 2.21. The van der Waals surface area contributed by atoms with Gasteiger partial charge in [0.2, 0.25) is 0 Å². The van der Waals surface area contributed by atoms with Crippen molar-refractivity contribution in [1.82, 2.24) is 0 Å². The number of thiocarbonyl (C=S) groups is 1. The molecule has 106 valence electrons. The summed E-state index contributed by atoms with van der Waals surface area (Å²) in [6.07, 6.45) is 0. The van der Waals surface area contributed by atoms with E-state index in [-0.39, 0.29) is 6.04 Å². The molecule has 1 atom stereocenters. The Balaban J connectivity index is 2.20. The van der Waals surface area contributed by atoms with Crippen molar-refractivity contribution in [2.24, 2.45) is 5.73 Å². The number of halogens is 1. The molecule has 0 spiro atoms. The SMILES string of the molecule is Cc1cc(C(C)Nc2ccc(C(N)=S)c(Br)c2)c(C)s1. The van der Waals surface area contributed by atoms with Gasteiger partial charge in [0.25, 0.3) is 0 Å². The molecule has 0 amide bonds. The van der Waals surface area contributed by atoms with Crippen LogP contribution < -0.4 is 11.1 Å². The number of hydrogen-bond donors (Lipinski definition) is 2. The topological polar surface area (TPSA) is 38.0 Å². The molecule has 3 N–H and O–H groups in total. The molecule has 0 saturated heterocycles. The fraction of sp³-hybridized carbons (Fsp3) is 0.267. The summed E-state index contributed by atoms with van der Waals surface area (Å²) in [6.45, 7) is 6.47. The largest absolute Gasteiger partial charge is 0.389 e. The minimum Gasteiger partial charge on any atom is -0.389 e. The first-order valence-corrected chi connectivity index (χ1v) is 8.33. The number of anilines is 1. The van der Waals surface area contributed by atoms with E-state index in [0.29, 0.717) is 4.99 Å². The zero-order chi connectivity index (χ0) is 14.9. The maximum atomic E-state index is 5.66. The van der Waals surface area contributed by atoms with Gasteiger partial charge in [0.1, 0.15) is 4.99 Å². The lowest BCUT2D eigenvalue weighted by atomic mass is 10.1. The van der Waals surface area contributed by atoms with Crippen molar-refractivity contribution in [2.45, 2.75) is 26.8 Å². The molecule has 0 fully saturated rings. The van der Waals surface area contributed by atoms with E-state index < -0.39 is 0 Å². The molecule has 0 aliphatic heterocycles. The second kappa shape index (κ2) is 6.24. The number of rotatable bonds is 4. The predicted octanol–water partition coefficient (Wildman–Crippen LogP) is 4.93. The van der Waals surface area contributed by atoms with Crippen LogP contribution in [-0.4, -0.2) is 4.99 Å². The number of nitrogens with two attached hydrogens (primary N) is 1. The van der Waals surface area contributed by atoms with E-state index in [9.17, 15) is 0 Å². The maximum Gasteiger partial charge on any atom is 0.105 e. The van der Waals surface area contributed by atoms with Gasteiger partial charge >= 0.3 is 0 Å². The van der Waals surface area contributed by atoms with Gasteiger partial charge in [0.05, 0.1) is 0 Å². The third-order valence-electron chi connectivity index (χ3n) is 3.16. The predicted molar refractivity (Wildman–Crippen MR) is 95.9 cm³/mol. The molecule has 0 aliphatic rings. The molecule has 2 rings (SSSR count). The van der Waals surface area contributed by atoms with E-state index in [1.807, 2.05) is 29.5 Å². The molecule has 2 nitrogen and oxygen atoms in total. The van der Waals surface area contributed by atoms with Crippen molar-refractivity contribution in [3.8, 4) is 0 Å². The van der Waals surface area contributed by atoms with Gasteiger partial charge in [0, 0.05) is 31.5 Å². The smallest absolute Gasteiger partial charge is 0.105 e. The van der Waals surface area contributed by atoms with Gasteiger partial charge in [0.15, 0.2) is 0 Å². The average Bonchev–Trinajstić information content (AvgIpc) is 2.68. The second-order valence-corrected chi connectivity index (χ2v) is 7.55. The number of benzene rings is 1. The highest BCUT2D eigenvalue weighted by Crippen LogP contribution is 2.30. The summed E-state index contributed by atoms with van der Waals surface area (Å²) < 4.78 is 0.917. The Kier molecular flexibility index (Phi) is 4.83. The molecular formula is C15H17BrN2S2. The van der Waals surface area contributed by atoms with Gasteiger partial charge in [-0.05, 0) is 66.5 Å². The number of hydrogen-bond acceptors (Lipinski definition) is 3. The van der Waals surface area contributed by atoms with Crippen molar-refractivity contribution in [2.75, 3.05) is 5.32 Å². The molecule has 1 aromatic carbocycles. The van der Waals surface area contributed by atoms with E-state index in [4.69, 9.17) is 18.0 Å². The molecule has 0 aliphatic carbocycles. The first-order chi connectivity index (χ1) is 9.38. The number of aryl methyl sites for hydroxylation is 2. The van der Waals surface area contributed by atoms with Crippen LogP contribution in [0.15, 0.2) is 28.7 Å². The molecule has 20 heavy (non-hydrogen) atoms. The van der Waals surface area contributed by atoms with Crippen LogP contribution in [-0.2, 0) is 0 Å². The zero-order valence-corrected chi connectivity index (χ0v) is 14.9. The Morgan fingerprint density at radius 3 is 2.55 bits per heavy atom. The first-order valence-electron chi connectivity index (χ1n) is 6.31. The van der Waals surface area contributed by atoms with Crippen molar-refractivity contribution in [3.05, 3.63) is 49.6 Å². The van der Waals surface area contributed by atoms with Crippen LogP contribution >= 0.6 is 39.5 Å². The van der Waals surface area contributed by atoms with E-state index in [2.05, 4.69) is 48.1 Å². The highest BCUT2D eigenvalue weighted by molar-refractivity contribution is 9.10. The van der Waals surface area contributed by atoms with Gasteiger partial charge in [-0.25, -0.2) is 0 Å². The first kappa shape index (κ1) is 15.5. The van der Waals surface area contributed by atoms with Crippen LogP contribution in [0.25, 0.3) is 0 Å². The molecule has 2 aromatic rings. The van der Waals surface area contributed by atoms with Crippen LogP contribution in [0.2, 0.25) is 0 Å². The molecule has 0 radical (unpaired) electrons. The summed E-state index contributed by atoms with van der Waals surface area (Å²) in [5, 5.41) is 3.51. The zero-order valence-electron chi connectivity index (χ0n) is 11.7. The summed E-state index contributed by atoms with van der Waals surface area (Å²) in [4.78, 5) is 3.11. The van der Waals surface area contributed by atoms with Gasteiger partial charge in [-0.1, -0.05) is 12.2 Å². The summed E-state index contributed by atoms with van der Waals surface area (Å²) in [6, 6.07) is 8.47. The van der Waals surface area contributed by atoms with Crippen molar-refractivity contribution in [1.29, 1.82) is 0 Å². The summed E-state index contributed by atoms with van der Waals surface area (Å²) >= 11 is 10.3. The van der Waals surface area contributed by atoms with Crippen molar-refractivity contribution < 1.29 is 0 Å². The maximum absolute atomic E-state index is 5.66. The van der Waals surface area contributed by atoms with Crippen LogP contribution in [0.3, 0.4) is 0 Å². The van der Waals surface area contributed by atoms with Gasteiger partial charge in [-0.15, -0.1) is 11.3 Å². The lowest BCUT2D eigenvalue weighted by Crippen LogP contribution is -2.11. The Bertz CT molecular complexity index is 649. The summed E-state index contributed by atoms with van der Waals surface area (Å²) in [5.74, 6) is 0. The van der Waals surface area contributed by atoms with Gasteiger partial charge < -0.3 is 11.1 Å². The van der Waals surface area contributed by atoms with Gasteiger partial charge in [-0.3, -0.25) is 0 Å².